The quantitative estimate of drug-likeness (QED) is 0.330. The zero-order valence-corrected chi connectivity index (χ0v) is 17.8. The van der Waals surface area contributed by atoms with E-state index in [4.69, 9.17) is 0 Å². The van der Waals surface area contributed by atoms with Crippen LogP contribution in [0.2, 0.25) is 0 Å². The molecular formula is C21H23N5O3S. The Balaban J connectivity index is 1.71. The van der Waals surface area contributed by atoms with E-state index in [0.717, 1.165) is 5.56 Å². The van der Waals surface area contributed by atoms with Gasteiger partial charge in [-0.05, 0) is 23.6 Å². The van der Waals surface area contributed by atoms with Crippen LogP contribution < -0.4 is 5.32 Å². The molecule has 0 bridgehead atoms. The SMILES string of the molecule is CC(C)[C@H](NC(=O)c1ccccc1)c1nnc(SCc2ccc([N+](=O)[O-])cc2)n1C. The number of thioether (sulfide) groups is 1. The molecule has 0 saturated carbocycles. The summed E-state index contributed by atoms with van der Waals surface area (Å²) in [5.74, 6) is 1.25. The number of rotatable bonds is 8. The lowest BCUT2D eigenvalue weighted by Crippen LogP contribution is -2.33. The molecule has 9 heteroatoms. The second kappa shape index (κ2) is 9.53. The lowest BCUT2D eigenvalue weighted by Gasteiger charge is -2.21. The number of nitro benzene ring substituents is 1. The molecule has 2 aromatic carbocycles. The molecule has 30 heavy (non-hydrogen) atoms. The lowest BCUT2D eigenvalue weighted by molar-refractivity contribution is -0.384. The molecule has 3 rings (SSSR count). The molecule has 0 aliphatic heterocycles. The van der Waals surface area contributed by atoms with Gasteiger partial charge in [0, 0.05) is 30.5 Å². The van der Waals surface area contributed by atoms with Gasteiger partial charge in [-0.1, -0.05) is 55.9 Å². The summed E-state index contributed by atoms with van der Waals surface area (Å²) in [4.78, 5) is 23.0. The Labute approximate surface area is 178 Å². The van der Waals surface area contributed by atoms with Crippen LogP contribution in [0.3, 0.4) is 0 Å². The lowest BCUT2D eigenvalue weighted by atomic mass is 10.0. The van der Waals surface area contributed by atoms with Gasteiger partial charge in [-0.3, -0.25) is 14.9 Å². The van der Waals surface area contributed by atoms with Crippen molar-refractivity contribution in [2.24, 2.45) is 13.0 Å². The van der Waals surface area contributed by atoms with Crippen molar-refractivity contribution in [3.63, 3.8) is 0 Å². The molecule has 0 saturated heterocycles. The predicted octanol–water partition coefficient (Wildman–Crippen LogP) is 4.14. The Morgan fingerprint density at radius 2 is 1.80 bits per heavy atom. The Hall–Kier alpha value is -3.20. The minimum atomic E-state index is -0.415. The summed E-state index contributed by atoms with van der Waals surface area (Å²) < 4.78 is 1.88. The number of hydrogen-bond acceptors (Lipinski definition) is 6. The van der Waals surface area contributed by atoms with Gasteiger partial charge in [0.15, 0.2) is 11.0 Å². The number of carbonyl (C=O) groups excluding carboxylic acids is 1. The number of non-ortho nitro benzene ring substituents is 1. The number of amides is 1. The second-order valence-corrected chi connectivity index (χ2v) is 8.12. The van der Waals surface area contributed by atoms with Crippen LogP contribution in [0.4, 0.5) is 5.69 Å². The van der Waals surface area contributed by atoms with E-state index in [0.29, 0.717) is 22.3 Å². The number of nitrogens with one attached hydrogen (secondary N) is 1. The maximum atomic E-state index is 12.6. The van der Waals surface area contributed by atoms with E-state index >= 15 is 0 Å². The third-order valence-electron chi connectivity index (χ3n) is 4.65. The van der Waals surface area contributed by atoms with E-state index in [9.17, 15) is 14.9 Å². The summed E-state index contributed by atoms with van der Waals surface area (Å²) in [6.45, 7) is 4.04. The normalized spacial score (nSPS) is 12.0. The minimum absolute atomic E-state index is 0.0682. The highest BCUT2D eigenvalue weighted by atomic mass is 32.2. The van der Waals surface area contributed by atoms with E-state index in [1.165, 1.54) is 23.9 Å². The molecule has 0 radical (unpaired) electrons. The number of hydrogen-bond donors (Lipinski definition) is 1. The van der Waals surface area contributed by atoms with Gasteiger partial charge in [-0.25, -0.2) is 0 Å². The molecule has 156 valence electrons. The van der Waals surface area contributed by atoms with Crippen LogP contribution in [-0.2, 0) is 12.8 Å². The Morgan fingerprint density at radius 3 is 2.40 bits per heavy atom. The standard InChI is InChI=1S/C21H23N5O3S/c1-14(2)18(22-20(27)16-7-5-4-6-8-16)19-23-24-21(25(19)3)30-13-15-9-11-17(12-10-15)26(28)29/h4-12,14,18H,13H2,1-3H3,(H,22,27)/t18-/m0/s1. The number of nitrogens with zero attached hydrogens (tertiary/aromatic N) is 4. The molecule has 1 aromatic heterocycles. The van der Waals surface area contributed by atoms with Crippen LogP contribution in [0.25, 0.3) is 0 Å². The first-order chi connectivity index (χ1) is 14.4. The first kappa shape index (κ1) is 21.5. The average molecular weight is 426 g/mol. The minimum Gasteiger partial charge on any atom is -0.342 e. The van der Waals surface area contributed by atoms with Crippen molar-refractivity contribution in [2.45, 2.75) is 30.8 Å². The van der Waals surface area contributed by atoms with E-state index in [2.05, 4.69) is 15.5 Å². The maximum Gasteiger partial charge on any atom is 0.269 e. The van der Waals surface area contributed by atoms with Crippen LogP contribution in [0.5, 0.6) is 0 Å². The van der Waals surface area contributed by atoms with Crippen molar-refractivity contribution in [3.05, 3.63) is 81.7 Å². The van der Waals surface area contributed by atoms with Crippen LogP contribution in [0.1, 0.15) is 41.6 Å². The number of carbonyl (C=O) groups is 1. The monoisotopic (exact) mass is 425 g/mol. The Bertz CT molecular complexity index is 1020. The largest absolute Gasteiger partial charge is 0.342 e. The highest BCUT2D eigenvalue weighted by Crippen LogP contribution is 2.27. The highest BCUT2D eigenvalue weighted by Gasteiger charge is 2.25. The summed E-state index contributed by atoms with van der Waals surface area (Å²) in [5.41, 5.74) is 1.62. The van der Waals surface area contributed by atoms with Crippen molar-refractivity contribution in [3.8, 4) is 0 Å². The smallest absolute Gasteiger partial charge is 0.269 e. The van der Waals surface area contributed by atoms with Crippen molar-refractivity contribution < 1.29 is 9.72 Å². The van der Waals surface area contributed by atoms with Gasteiger partial charge >= 0.3 is 0 Å². The van der Waals surface area contributed by atoms with Gasteiger partial charge < -0.3 is 9.88 Å². The van der Waals surface area contributed by atoms with Gasteiger partial charge in [0.2, 0.25) is 0 Å². The first-order valence-electron chi connectivity index (χ1n) is 9.48. The summed E-state index contributed by atoms with van der Waals surface area (Å²) >= 11 is 1.49. The summed E-state index contributed by atoms with van der Waals surface area (Å²) in [6, 6.07) is 15.2. The summed E-state index contributed by atoms with van der Waals surface area (Å²) in [5, 5.41) is 23.1. The fourth-order valence-corrected chi connectivity index (χ4v) is 3.80. The molecule has 1 heterocycles. The third-order valence-corrected chi connectivity index (χ3v) is 5.74. The molecule has 8 nitrogen and oxygen atoms in total. The van der Waals surface area contributed by atoms with E-state index in [-0.39, 0.29) is 23.6 Å². The van der Waals surface area contributed by atoms with Gasteiger partial charge in [-0.15, -0.1) is 10.2 Å². The number of aromatic nitrogens is 3. The molecule has 0 aliphatic carbocycles. The average Bonchev–Trinajstić information content (AvgIpc) is 3.11. The fourth-order valence-electron chi connectivity index (χ4n) is 2.93. The summed E-state index contributed by atoms with van der Waals surface area (Å²) in [7, 11) is 1.87. The Morgan fingerprint density at radius 1 is 1.13 bits per heavy atom. The van der Waals surface area contributed by atoms with Crippen molar-refractivity contribution in [2.75, 3.05) is 0 Å². The van der Waals surface area contributed by atoms with Gasteiger partial charge in [-0.2, -0.15) is 0 Å². The molecule has 1 atom stereocenters. The molecule has 0 aliphatic rings. The molecule has 0 unspecified atom stereocenters. The van der Waals surface area contributed by atoms with Crippen molar-refractivity contribution in [1.29, 1.82) is 0 Å². The molecular weight excluding hydrogens is 402 g/mol. The van der Waals surface area contributed by atoms with Crippen LogP contribution in [0, 0.1) is 16.0 Å². The topological polar surface area (TPSA) is 103 Å². The van der Waals surface area contributed by atoms with Crippen LogP contribution in [-0.4, -0.2) is 25.6 Å². The van der Waals surface area contributed by atoms with Crippen LogP contribution >= 0.6 is 11.8 Å². The number of nitro groups is 1. The number of benzene rings is 2. The van der Waals surface area contributed by atoms with E-state index in [1.807, 2.05) is 43.7 Å². The first-order valence-corrected chi connectivity index (χ1v) is 10.5. The van der Waals surface area contributed by atoms with Crippen molar-refractivity contribution >= 4 is 23.4 Å². The molecule has 3 aromatic rings. The summed E-state index contributed by atoms with van der Waals surface area (Å²) in [6.07, 6.45) is 0. The second-order valence-electron chi connectivity index (χ2n) is 7.17. The maximum absolute atomic E-state index is 12.6. The van der Waals surface area contributed by atoms with Crippen LogP contribution in [0.15, 0.2) is 59.8 Å². The molecule has 1 N–H and O–H groups in total. The molecule has 0 fully saturated rings. The van der Waals surface area contributed by atoms with Gasteiger partial charge in [0.05, 0.1) is 11.0 Å². The van der Waals surface area contributed by atoms with E-state index < -0.39 is 4.92 Å². The zero-order valence-electron chi connectivity index (χ0n) is 17.0. The predicted molar refractivity (Wildman–Crippen MR) is 115 cm³/mol. The molecule has 0 spiro atoms. The zero-order chi connectivity index (χ0) is 21.7. The fraction of sp³-hybridized carbons (Fsp3) is 0.286. The Kier molecular flexibility index (Phi) is 6.83. The highest BCUT2D eigenvalue weighted by molar-refractivity contribution is 7.98. The van der Waals surface area contributed by atoms with Gasteiger partial charge in [0.25, 0.3) is 11.6 Å². The van der Waals surface area contributed by atoms with Gasteiger partial charge in [0.1, 0.15) is 0 Å². The molecule has 1 amide bonds. The van der Waals surface area contributed by atoms with E-state index in [1.54, 1.807) is 24.3 Å². The van der Waals surface area contributed by atoms with Crippen molar-refractivity contribution in [1.82, 2.24) is 20.1 Å². The third kappa shape index (κ3) is 5.04.